The summed E-state index contributed by atoms with van der Waals surface area (Å²) in [5, 5.41) is 4.75. The molecule has 128 valence electrons. The first kappa shape index (κ1) is 16.8. The quantitative estimate of drug-likeness (QED) is 0.412. The van der Waals surface area contributed by atoms with Crippen molar-refractivity contribution >= 4 is 45.1 Å². The van der Waals surface area contributed by atoms with Gasteiger partial charge in [-0.1, -0.05) is 0 Å². The van der Waals surface area contributed by atoms with Gasteiger partial charge in [-0.25, -0.2) is 4.98 Å². The first-order valence-corrected chi connectivity index (χ1v) is 8.37. The summed E-state index contributed by atoms with van der Waals surface area (Å²) in [5.74, 6) is -1.38. The highest BCUT2D eigenvalue weighted by atomic mass is 32.1. The van der Waals surface area contributed by atoms with E-state index in [1.165, 1.54) is 17.7 Å². The number of hydrogen-bond donors (Lipinski definition) is 1. The molecule has 2 heterocycles. The van der Waals surface area contributed by atoms with Gasteiger partial charge in [0.2, 0.25) is 0 Å². The van der Waals surface area contributed by atoms with Gasteiger partial charge < -0.3 is 14.5 Å². The van der Waals surface area contributed by atoms with Crippen LogP contribution >= 0.6 is 11.3 Å². The van der Waals surface area contributed by atoms with Crippen LogP contribution in [0.4, 0.5) is 5.00 Å². The zero-order valence-corrected chi connectivity index (χ0v) is 14.1. The van der Waals surface area contributed by atoms with Crippen LogP contribution in [0.2, 0.25) is 0 Å². The molecule has 0 spiro atoms. The molecule has 1 N–H and O–H groups in total. The fourth-order valence-electron chi connectivity index (χ4n) is 2.24. The van der Waals surface area contributed by atoms with E-state index in [0.29, 0.717) is 21.7 Å². The summed E-state index contributed by atoms with van der Waals surface area (Å²) in [6.07, 6.45) is 0.940. The number of carbonyl (C=O) groups excluding carboxylic acids is 3. The molecule has 0 atom stereocenters. The molecule has 3 rings (SSSR count). The number of benzene rings is 1. The number of fused-ring (bicyclic) bond motifs is 1. The second-order valence-electron chi connectivity index (χ2n) is 5.06. The minimum absolute atomic E-state index is 0.212. The fraction of sp³-hybridized carbons (Fsp3) is 0.176. The second kappa shape index (κ2) is 7.27. The molecule has 7 nitrogen and oxygen atoms in total. The van der Waals surface area contributed by atoms with E-state index in [-0.39, 0.29) is 24.5 Å². The van der Waals surface area contributed by atoms with Crippen molar-refractivity contribution in [1.82, 2.24) is 4.98 Å². The predicted molar refractivity (Wildman–Crippen MR) is 91.9 cm³/mol. The van der Waals surface area contributed by atoms with Gasteiger partial charge in [-0.2, -0.15) is 0 Å². The van der Waals surface area contributed by atoms with Crippen molar-refractivity contribution in [3.63, 3.8) is 0 Å². The summed E-state index contributed by atoms with van der Waals surface area (Å²) in [6.45, 7) is 1.88. The molecule has 3 aromatic rings. The van der Waals surface area contributed by atoms with E-state index in [1.54, 1.807) is 36.6 Å². The summed E-state index contributed by atoms with van der Waals surface area (Å²) in [4.78, 5) is 40.1. The van der Waals surface area contributed by atoms with Crippen LogP contribution in [0.25, 0.3) is 11.1 Å². The maximum absolute atomic E-state index is 12.4. The van der Waals surface area contributed by atoms with Gasteiger partial charge in [0.1, 0.15) is 16.9 Å². The largest absolute Gasteiger partial charge is 0.466 e. The number of aromatic nitrogens is 1. The van der Waals surface area contributed by atoms with E-state index in [0.717, 1.165) is 0 Å². The molecule has 0 saturated carbocycles. The minimum atomic E-state index is -0.591. The monoisotopic (exact) mass is 358 g/mol. The molecule has 2 aromatic heterocycles. The SMILES string of the molecule is CCOC(=O)CC(=O)c1ccsc1NC(=O)c1ccc2ncoc2c1. The molecule has 0 fully saturated rings. The molecule has 0 saturated heterocycles. The van der Waals surface area contributed by atoms with E-state index in [4.69, 9.17) is 9.15 Å². The standard InChI is InChI=1S/C17H14N2O5S/c1-2-23-15(21)8-13(20)11-5-6-25-17(11)19-16(22)10-3-4-12-14(7-10)24-9-18-12/h3-7,9H,2,8H2,1H3,(H,19,22). The third-order valence-electron chi connectivity index (χ3n) is 3.40. The zero-order valence-electron chi connectivity index (χ0n) is 13.3. The number of amides is 1. The average Bonchev–Trinajstić information content (AvgIpc) is 3.22. The van der Waals surface area contributed by atoms with Crippen LogP contribution in [-0.4, -0.2) is 29.3 Å². The van der Waals surface area contributed by atoms with E-state index >= 15 is 0 Å². The van der Waals surface area contributed by atoms with Gasteiger partial charge in [-0.3, -0.25) is 14.4 Å². The molecule has 0 aliphatic rings. The summed E-state index contributed by atoms with van der Waals surface area (Å²) < 4.78 is 9.95. The normalized spacial score (nSPS) is 10.6. The minimum Gasteiger partial charge on any atom is -0.466 e. The van der Waals surface area contributed by atoms with Crippen LogP contribution in [-0.2, 0) is 9.53 Å². The van der Waals surface area contributed by atoms with Gasteiger partial charge >= 0.3 is 5.97 Å². The Morgan fingerprint density at radius 2 is 2.12 bits per heavy atom. The highest BCUT2D eigenvalue weighted by molar-refractivity contribution is 7.14. The molecule has 0 aliphatic carbocycles. The Morgan fingerprint density at radius 3 is 2.92 bits per heavy atom. The molecule has 0 bridgehead atoms. The predicted octanol–water partition coefficient (Wildman–Crippen LogP) is 3.28. The number of thiophene rings is 1. The fourth-order valence-corrected chi connectivity index (χ4v) is 3.04. The molecule has 0 radical (unpaired) electrons. The first-order valence-electron chi connectivity index (χ1n) is 7.49. The number of hydrogen-bond acceptors (Lipinski definition) is 7. The van der Waals surface area contributed by atoms with Crippen LogP contribution in [0.5, 0.6) is 0 Å². The number of esters is 1. The molecule has 1 aromatic carbocycles. The highest BCUT2D eigenvalue weighted by Gasteiger charge is 2.19. The van der Waals surface area contributed by atoms with E-state index in [1.807, 2.05) is 0 Å². The number of ether oxygens (including phenoxy) is 1. The molecule has 8 heteroatoms. The van der Waals surface area contributed by atoms with Crippen molar-refractivity contribution in [3.05, 3.63) is 47.2 Å². The summed E-state index contributed by atoms with van der Waals surface area (Å²) in [7, 11) is 0. The topological polar surface area (TPSA) is 98.5 Å². The van der Waals surface area contributed by atoms with Crippen LogP contribution in [0.1, 0.15) is 34.1 Å². The smallest absolute Gasteiger partial charge is 0.313 e. The van der Waals surface area contributed by atoms with Gasteiger partial charge in [0.15, 0.2) is 17.8 Å². The molecule has 0 aliphatic heterocycles. The number of carbonyl (C=O) groups is 3. The number of anilines is 1. The molecule has 25 heavy (non-hydrogen) atoms. The molecular formula is C17H14N2O5S. The number of nitrogens with zero attached hydrogens (tertiary/aromatic N) is 1. The maximum atomic E-state index is 12.4. The number of nitrogens with one attached hydrogen (secondary N) is 1. The van der Waals surface area contributed by atoms with Crippen molar-refractivity contribution < 1.29 is 23.5 Å². The van der Waals surface area contributed by atoms with Crippen molar-refractivity contribution in [2.24, 2.45) is 0 Å². The lowest BCUT2D eigenvalue weighted by molar-refractivity contribution is -0.141. The van der Waals surface area contributed by atoms with Crippen LogP contribution < -0.4 is 5.32 Å². The third kappa shape index (κ3) is 3.74. The first-order chi connectivity index (χ1) is 12.1. The second-order valence-corrected chi connectivity index (χ2v) is 5.97. The van der Waals surface area contributed by atoms with E-state index in [2.05, 4.69) is 10.3 Å². The Bertz CT molecular complexity index is 943. The Hall–Kier alpha value is -3.00. The lowest BCUT2D eigenvalue weighted by Gasteiger charge is -2.06. The van der Waals surface area contributed by atoms with Gasteiger partial charge in [-0.05, 0) is 36.6 Å². The lowest BCUT2D eigenvalue weighted by atomic mass is 10.1. The van der Waals surface area contributed by atoms with E-state index < -0.39 is 11.8 Å². The number of Topliss-reactive ketones (excluding diaryl/α,β-unsaturated/α-hetero) is 1. The average molecular weight is 358 g/mol. The Balaban J connectivity index is 1.74. The lowest BCUT2D eigenvalue weighted by Crippen LogP contribution is -2.15. The van der Waals surface area contributed by atoms with Crippen molar-refractivity contribution in [2.45, 2.75) is 13.3 Å². The molecule has 0 unspecified atom stereocenters. The van der Waals surface area contributed by atoms with Crippen molar-refractivity contribution in [2.75, 3.05) is 11.9 Å². The number of rotatable bonds is 6. The third-order valence-corrected chi connectivity index (χ3v) is 4.23. The summed E-state index contributed by atoms with van der Waals surface area (Å²) in [6, 6.07) is 6.44. The number of oxazole rings is 1. The zero-order chi connectivity index (χ0) is 17.8. The molecular weight excluding hydrogens is 344 g/mol. The van der Waals surface area contributed by atoms with Crippen LogP contribution in [0.3, 0.4) is 0 Å². The van der Waals surface area contributed by atoms with Gasteiger partial charge in [0.25, 0.3) is 5.91 Å². The van der Waals surface area contributed by atoms with Crippen LogP contribution in [0, 0.1) is 0 Å². The van der Waals surface area contributed by atoms with Crippen LogP contribution in [0.15, 0.2) is 40.5 Å². The number of ketones is 1. The van der Waals surface area contributed by atoms with Gasteiger partial charge in [0.05, 0.1) is 12.2 Å². The van der Waals surface area contributed by atoms with Crippen molar-refractivity contribution in [3.8, 4) is 0 Å². The van der Waals surface area contributed by atoms with Gasteiger partial charge in [0, 0.05) is 5.56 Å². The van der Waals surface area contributed by atoms with E-state index in [9.17, 15) is 14.4 Å². The Kier molecular flexibility index (Phi) is 4.90. The Labute approximate surface area is 146 Å². The summed E-state index contributed by atoms with van der Waals surface area (Å²) in [5.41, 5.74) is 1.81. The highest BCUT2D eigenvalue weighted by Crippen LogP contribution is 2.26. The maximum Gasteiger partial charge on any atom is 0.313 e. The van der Waals surface area contributed by atoms with Gasteiger partial charge in [-0.15, -0.1) is 11.3 Å². The Morgan fingerprint density at radius 1 is 1.28 bits per heavy atom. The summed E-state index contributed by atoms with van der Waals surface area (Å²) >= 11 is 1.21. The molecule has 1 amide bonds. The van der Waals surface area contributed by atoms with Crippen molar-refractivity contribution in [1.29, 1.82) is 0 Å².